The summed E-state index contributed by atoms with van der Waals surface area (Å²) in [6, 6.07) is 5.45. The van der Waals surface area contributed by atoms with Crippen molar-refractivity contribution in [3.05, 3.63) is 52.2 Å². The van der Waals surface area contributed by atoms with E-state index in [0.717, 1.165) is 45.8 Å². The van der Waals surface area contributed by atoms with Crippen LogP contribution in [-0.2, 0) is 0 Å². The molecule has 1 aliphatic rings. The van der Waals surface area contributed by atoms with Crippen molar-refractivity contribution in [2.75, 3.05) is 0 Å². The highest BCUT2D eigenvalue weighted by atomic mass is 32.1. The Morgan fingerprint density at radius 3 is 2.86 bits per heavy atom. The van der Waals surface area contributed by atoms with Gasteiger partial charge in [0.05, 0.1) is 16.6 Å². The summed E-state index contributed by atoms with van der Waals surface area (Å²) in [5.74, 6) is 1.99. The zero-order valence-corrected chi connectivity index (χ0v) is 16.7. The molecule has 0 bridgehead atoms. The molecule has 1 N–H and O–H groups in total. The van der Waals surface area contributed by atoms with E-state index in [1.165, 1.54) is 11.3 Å². The molecule has 5 rings (SSSR count). The summed E-state index contributed by atoms with van der Waals surface area (Å²) < 4.78 is 1.89. The number of amides is 1. The van der Waals surface area contributed by atoms with Crippen LogP contribution in [0, 0.1) is 13.8 Å². The standard InChI is InChI=1S/C20H20N6OS/c1-10-15-11(2)21-17(13-7-8-13)23-20(15)28-16(10)19(27)22-12(3)18-25-24-14-6-4-5-9-26(14)18/h4-6,9,12-13H,7-8H2,1-3H3,(H,22,27). The van der Waals surface area contributed by atoms with Crippen molar-refractivity contribution in [2.45, 2.75) is 45.6 Å². The highest BCUT2D eigenvalue weighted by Crippen LogP contribution is 2.40. The number of rotatable bonds is 4. The van der Waals surface area contributed by atoms with Gasteiger partial charge in [-0.15, -0.1) is 21.5 Å². The molecule has 1 amide bonds. The second-order valence-electron chi connectivity index (χ2n) is 7.36. The van der Waals surface area contributed by atoms with Crippen LogP contribution in [0.5, 0.6) is 0 Å². The van der Waals surface area contributed by atoms with E-state index in [-0.39, 0.29) is 11.9 Å². The molecule has 1 fully saturated rings. The fraction of sp³-hybridized carbons (Fsp3) is 0.350. The third-order valence-electron chi connectivity index (χ3n) is 5.21. The first-order valence-electron chi connectivity index (χ1n) is 9.41. The Bertz CT molecular complexity index is 1220. The molecule has 1 unspecified atom stereocenters. The number of hydrogen-bond acceptors (Lipinski definition) is 6. The van der Waals surface area contributed by atoms with Crippen molar-refractivity contribution < 1.29 is 4.79 Å². The maximum Gasteiger partial charge on any atom is 0.262 e. The molecular weight excluding hydrogens is 372 g/mol. The predicted octanol–water partition coefficient (Wildman–Crippen LogP) is 3.72. The molecule has 0 aliphatic heterocycles. The summed E-state index contributed by atoms with van der Waals surface area (Å²) in [5, 5.41) is 12.5. The van der Waals surface area contributed by atoms with Gasteiger partial charge in [0.2, 0.25) is 0 Å². The van der Waals surface area contributed by atoms with Crippen LogP contribution in [0.2, 0.25) is 0 Å². The summed E-state index contributed by atoms with van der Waals surface area (Å²) in [5.41, 5.74) is 2.65. The molecule has 4 aromatic heterocycles. The van der Waals surface area contributed by atoms with Crippen LogP contribution < -0.4 is 5.32 Å². The average Bonchev–Trinajstić information content (AvgIpc) is 3.35. The van der Waals surface area contributed by atoms with E-state index < -0.39 is 0 Å². The molecule has 0 spiro atoms. The molecule has 1 saturated carbocycles. The first kappa shape index (κ1) is 17.2. The van der Waals surface area contributed by atoms with Crippen LogP contribution in [0.4, 0.5) is 0 Å². The molecule has 1 atom stereocenters. The fourth-order valence-electron chi connectivity index (χ4n) is 3.58. The summed E-state index contributed by atoms with van der Waals surface area (Å²) in [6.07, 6.45) is 4.22. The average molecular weight is 392 g/mol. The second-order valence-corrected chi connectivity index (χ2v) is 8.36. The lowest BCUT2D eigenvalue weighted by Gasteiger charge is -2.12. The molecule has 8 heteroatoms. The SMILES string of the molecule is Cc1nc(C2CC2)nc2sc(C(=O)NC(C)c3nnc4ccccn34)c(C)c12. The number of carbonyl (C=O) groups excluding carboxylic acids is 1. The number of nitrogens with one attached hydrogen (secondary N) is 1. The van der Waals surface area contributed by atoms with E-state index in [0.29, 0.717) is 16.6 Å². The highest BCUT2D eigenvalue weighted by Gasteiger charge is 2.29. The number of fused-ring (bicyclic) bond motifs is 2. The van der Waals surface area contributed by atoms with Crippen LogP contribution in [-0.4, -0.2) is 30.5 Å². The summed E-state index contributed by atoms with van der Waals surface area (Å²) in [7, 11) is 0. The van der Waals surface area contributed by atoms with Crippen LogP contribution >= 0.6 is 11.3 Å². The minimum Gasteiger partial charge on any atom is -0.342 e. The third kappa shape index (κ3) is 2.75. The number of nitrogens with zero attached hydrogens (tertiary/aromatic N) is 5. The molecule has 0 saturated heterocycles. The number of carbonyl (C=O) groups is 1. The van der Waals surface area contributed by atoms with E-state index in [9.17, 15) is 4.79 Å². The first-order valence-corrected chi connectivity index (χ1v) is 10.2. The molecule has 0 aromatic carbocycles. The van der Waals surface area contributed by atoms with Gasteiger partial charge in [0.15, 0.2) is 11.5 Å². The maximum atomic E-state index is 13.0. The zero-order valence-electron chi connectivity index (χ0n) is 15.9. The summed E-state index contributed by atoms with van der Waals surface area (Å²) >= 11 is 1.44. The lowest BCUT2D eigenvalue weighted by atomic mass is 10.1. The summed E-state index contributed by atoms with van der Waals surface area (Å²) in [4.78, 5) is 24.0. The fourth-order valence-corrected chi connectivity index (χ4v) is 4.72. The number of aromatic nitrogens is 5. The Kier molecular flexibility index (Phi) is 3.90. The Morgan fingerprint density at radius 2 is 2.07 bits per heavy atom. The number of thiophene rings is 1. The van der Waals surface area contributed by atoms with Gasteiger partial charge in [0.1, 0.15) is 10.7 Å². The Morgan fingerprint density at radius 1 is 1.25 bits per heavy atom. The van der Waals surface area contributed by atoms with Gasteiger partial charge in [-0.2, -0.15) is 0 Å². The lowest BCUT2D eigenvalue weighted by molar-refractivity contribution is 0.0941. The normalized spacial score (nSPS) is 15.2. The van der Waals surface area contributed by atoms with Gasteiger partial charge in [-0.25, -0.2) is 9.97 Å². The van der Waals surface area contributed by atoms with Gasteiger partial charge in [-0.3, -0.25) is 9.20 Å². The summed E-state index contributed by atoms with van der Waals surface area (Å²) in [6.45, 7) is 5.89. The molecule has 28 heavy (non-hydrogen) atoms. The van der Waals surface area contributed by atoms with Gasteiger partial charge >= 0.3 is 0 Å². The second kappa shape index (κ2) is 6.34. The van der Waals surface area contributed by atoms with Gasteiger partial charge in [-0.05, 0) is 51.3 Å². The quantitative estimate of drug-likeness (QED) is 0.572. The minimum absolute atomic E-state index is 0.118. The van der Waals surface area contributed by atoms with Crippen LogP contribution in [0.3, 0.4) is 0 Å². The third-order valence-corrected chi connectivity index (χ3v) is 6.40. The van der Waals surface area contributed by atoms with Crippen LogP contribution in [0.25, 0.3) is 15.9 Å². The molecule has 1 aliphatic carbocycles. The maximum absolute atomic E-state index is 13.0. The zero-order chi connectivity index (χ0) is 19.4. The molecule has 0 radical (unpaired) electrons. The predicted molar refractivity (Wildman–Crippen MR) is 108 cm³/mol. The molecule has 142 valence electrons. The van der Waals surface area contributed by atoms with E-state index >= 15 is 0 Å². The Balaban J connectivity index is 1.47. The largest absolute Gasteiger partial charge is 0.342 e. The van der Waals surface area contributed by atoms with Crippen molar-refractivity contribution in [1.29, 1.82) is 0 Å². The Hall–Kier alpha value is -2.87. The lowest BCUT2D eigenvalue weighted by Crippen LogP contribution is -2.27. The highest BCUT2D eigenvalue weighted by molar-refractivity contribution is 7.20. The van der Waals surface area contributed by atoms with E-state index in [2.05, 4.69) is 20.5 Å². The van der Waals surface area contributed by atoms with Gasteiger partial charge in [-0.1, -0.05) is 6.07 Å². The van der Waals surface area contributed by atoms with Crippen molar-refractivity contribution in [2.24, 2.45) is 0 Å². The topological polar surface area (TPSA) is 85.1 Å². The molecule has 4 aromatic rings. The van der Waals surface area contributed by atoms with E-state index in [1.807, 2.05) is 49.6 Å². The molecule has 4 heterocycles. The number of aryl methyl sites for hydroxylation is 2. The van der Waals surface area contributed by atoms with Crippen LogP contribution in [0.1, 0.15) is 64.3 Å². The van der Waals surface area contributed by atoms with E-state index in [1.54, 1.807) is 0 Å². The minimum atomic E-state index is -0.274. The van der Waals surface area contributed by atoms with Crippen molar-refractivity contribution in [3.63, 3.8) is 0 Å². The van der Waals surface area contributed by atoms with Gasteiger partial charge < -0.3 is 5.32 Å². The van der Waals surface area contributed by atoms with Gasteiger partial charge in [0, 0.05) is 17.5 Å². The monoisotopic (exact) mass is 392 g/mol. The first-order chi connectivity index (χ1) is 13.5. The number of pyridine rings is 1. The van der Waals surface area contributed by atoms with E-state index in [4.69, 9.17) is 4.98 Å². The Labute approximate surface area is 165 Å². The number of hydrogen-bond donors (Lipinski definition) is 1. The van der Waals surface area contributed by atoms with Crippen molar-refractivity contribution in [1.82, 2.24) is 29.9 Å². The van der Waals surface area contributed by atoms with Gasteiger partial charge in [0.25, 0.3) is 5.91 Å². The van der Waals surface area contributed by atoms with Crippen LogP contribution in [0.15, 0.2) is 24.4 Å². The smallest absolute Gasteiger partial charge is 0.262 e. The molecular formula is C20H20N6OS. The van der Waals surface area contributed by atoms with Crippen molar-refractivity contribution in [3.8, 4) is 0 Å². The van der Waals surface area contributed by atoms with Crippen molar-refractivity contribution >= 4 is 33.1 Å². The molecule has 7 nitrogen and oxygen atoms in total.